The van der Waals surface area contributed by atoms with Gasteiger partial charge in [-0.3, -0.25) is 5.21 Å². The van der Waals surface area contributed by atoms with E-state index in [0.717, 1.165) is 49.6 Å². The minimum Gasteiger partial charge on any atom is -0.361 e. The van der Waals surface area contributed by atoms with Crippen LogP contribution in [0.3, 0.4) is 0 Å². The first-order valence-corrected chi connectivity index (χ1v) is 16.4. The maximum absolute atomic E-state index is 10.4. The van der Waals surface area contributed by atoms with Crippen LogP contribution >= 0.6 is 55.1 Å². The summed E-state index contributed by atoms with van der Waals surface area (Å²) in [5, 5.41) is 25.6. The van der Waals surface area contributed by atoms with E-state index in [0.29, 0.717) is 23.1 Å². The molecule has 0 spiro atoms. The molecule has 0 bridgehead atoms. The molecule has 1 aliphatic heterocycles. The van der Waals surface area contributed by atoms with Gasteiger partial charge in [0.2, 0.25) is 6.21 Å². The molecule has 234 valence electrons. The third-order valence-corrected chi connectivity index (χ3v) is 9.25. The summed E-state index contributed by atoms with van der Waals surface area (Å²) >= 11 is 18.9. The average molecular weight is 775 g/mol. The topological polar surface area (TPSA) is 78.3 Å². The van der Waals surface area contributed by atoms with Crippen molar-refractivity contribution in [3.05, 3.63) is 138 Å². The number of hydrogen-bond donors (Lipinski definition) is 4. The highest BCUT2D eigenvalue weighted by atomic mass is 79.9. The highest BCUT2D eigenvalue weighted by Crippen LogP contribution is 2.38. The summed E-state index contributed by atoms with van der Waals surface area (Å²) in [7, 11) is 0. The Morgan fingerprint density at radius 3 is 2.20 bits per heavy atom. The first kappa shape index (κ1) is 33.3. The molecule has 4 N–H and O–H groups in total. The molecule has 1 atom stereocenters. The molecule has 6 nitrogen and oxygen atoms in total. The Bertz CT molecular complexity index is 1960. The van der Waals surface area contributed by atoms with Crippen LogP contribution in [0.25, 0.3) is 21.8 Å². The third-order valence-electron chi connectivity index (χ3n) is 7.76. The molecule has 0 amide bonds. The van der Waals surface area contributed by atoms with E-state index in [2.05, 4.69) is 60.0 Å². The number of aromatic amines is 2. The van der Waals surface area contributed by atoms with Crippen LogP contribution in [0.5, 0.6) is 0 Å². The second-order valence-electron chi connectivity index (χ2n) is 10.7. The van der Waals surface area contributed by atoms with Crippen molar-refractivity contribution in [2.75, 3.05) is 13.1 Å². The van der Waals surface area contributed by atoms with Gasteiger partial charge in [-0.25, -0.2) is 0 Å². The number of nitrogens with one attached hydrogen (secondary N) is 2. The van der Waals surface area contributed by atoms with E-state index in [1.807, 2.05) is 60.8 Å². The van der Waals surface area contributed by atoms with E-state index < -0.39 is 0 Å². The van der Waals surface area contributed by atoms with E-state index in [1.165, 1.54) is 31.7 Å². The Labute approximate surface area is 290 Å². The zero-order valence-corrected chi connectivity index (χ0v) is 28.1. The molecular formula is C35H35Br2Cl2N4O2+. The maximum Gasteiger partial charge on any atom is 0.222 e. The fourth-order valence-electron chi connectivity index (χ4n) is 5.61. The number of rotatable bonds is 5. The van der Waals surface area contributed by atoms with Crippen molar-refractivity contribution in [2.24, 2.45) is 0 Å². The number of halogens is 4. The van der Waals surface area contributed by atoms with Crippen LogP contribution in [-0.4, -0.2) is 49.5 Å². The van der Waals surface area contributed by atoms with Crippen molar-refractivity contribution >= 4 is 83.1 Å². The standard InChI is InChI=1S/C17H14BrClN2O.C17H15BrClN2O.CH4.H2/c18-11-3-6-15-14(9-11)13-7-8-21(22)17(16(13)20-15)10-1-4-12(19)5-2-10;18-14-3-6-17-16(9-14)13(10-20-17)7-8-21(22)11-12-1-4-15(19)5-2-12;;/h1-6,9,17,20,22H,7-8H2;1-6,9-11,20,22H,7-8H2;1H4;1H/q;+1;;/b;21-11-;;/t17-;;;/m0.../s1/i;;;1+1. The SMILES string of the molecule is C.O/[N+](=C\c1ccc(Cl)cc1)CCc1c[nH]c2ccc(Br)cc12.ON1CCc2c([nH]c3ccc(Br)cc23)[C@@H]1c1ccc(Cl)cc1.[2HH]. The minimum atomic E-state index is -0.188. The predicted octanol–water partition coefficient (Wildman–Crippen LogP) is 10.4. The predicted molar refractivity (Wildman–Crippen MR) is 194 cm³/mol. The molecule has 0 fully saturated rings. The van der Waals surface area contributed by atoms with Crippen LogP contribution in [0.2, 0.25) is 10.0 Å². The fraction of sp³-hybridized carbons (Fsp3) is 0.171. The monoisotopic (exact) mass is 772 g/mol. The van der Waals surface area contributed by atoms with Crippen LogP contribution in [0.4, 0.5) is 0 Å². The lowest BCUT2D eigenvalue weighted by atomic mass is 9.94. The molecular weight excluding hydrogens is 739 g/mol. The largest absolute Gasteiger partial charge is 0.361 e. The van der Waals surface area contributed by atoms with Crippen molar-refractivity contribution in [1.82, 2.24) is 15.0 Å². The Morgan fingerprint density at radius 2 is 1.51 bits per heavy atom. The van der Waals surface area contributed by atoms with Gasteiger partial charge in [0.05, 0.1) is 0 Å². The molecule has 0 radical (unpaired) electrons. The first-order valence-electron chi connectivity index (χ1n) is 14.1. The summed E-state index contributed by atoms with van der Waals surface area (Å²) in [6, 6.07) is 27.2. The van der Waals surface area contributed by atoms with Crippen LogP contribution < -0.4 is 0 Å². The Balaban J connectivity index is 0.000000200. The summed E-state index contributed by atoms with van der Waals surface area (Å²) in [4.78, 5) is 6.73. The number of fused-ring (bicyclic) bond motifs is 4. The zero-order valence-electron chi connectivity index (χ0n) is 23.4. The molecule has 0 saturated heterocycles. The molecule has 0 aliphatic carbocycles. The molecule has 6 aromatic rings. The van der Waals surface area contributed by atoms with Crippen molar-refractivity contribution in [3.8, 4) is 0 Å². The molecule has 45 heavy (non-hydrogen) atoms. The highest BCUT2D eigenvalue weighted by Gasteiger charge is 2.31. The molecule has 0 unspecified atom stereocenters. The second-order valence-corrected chi connectivity index (χ2v) is 13.4. The van der Waals surface area contributed by atoms with Crippen LogP contribution in [0.15, 0.2) is 100 Å². The second kappa shape index (κ2) is 14.5. The molecule has 3 heterocycles. The summed E-state index contributed by atoms with van der Waals surface area (Å²) in [5.74, 6) is 0. The van der Waals surface area contributed by atoms with E-state index in [-0.39, 0.29) is 14.9 Å². The normalized spacial score (nSPS) is 15.0. The van der Waals surface area contributed by atoms with Gasteiger partial charge in [0, 0.05) is 72.6 Å². The van der Waals surface area contributed by atoms with Gasteiger partial charge in [-0.05, 0) is 101 Å². The number of nitrogens with zero attached hydrogens (tertiary/aromatic N) is 2. The van der Waals surface area contributed by atoms with Crippen LogP contribution in [0.1, 0.15) is 42.8 Å². The lowest BCUT2D eigenvalue weighted by Crippen LogP contribution is -2.33. The van der Waals surface area contributed by atoms with Gasteiger partial charge >= 0.3 is 0 Å². The Kier molecular flexibility index (Phi) is 10.7. The molecule has 0 saturated carbocycles. The molecule has 1 aliphatic rings. The summed E-state index contributed by atoms with van der Waals surface area (Å²) < 4.78 is 3.32. The van der Waals surface area contributed by atoms with E-state index in [9.17, 15) is 10.4 Å². The third kappa shape index (κ3) is 7.65. The number of hydrogen-bond acceptors (Lipinski definition) is 3. The van der Waals surface area contributed by atoms with Gasteiger partial charge in [-0.2, -0.15) is 5.06 Å². The summed E-state index contributed by atoms with van der Waals surface area (Å²) in [5.41, 5.74) is 7.66. The number of hydroxylamine groups is 3. The van der Waals surface area contributed by atoms with Gasteiger partial charge in [0.1, 0.15) is 6.04 Å². The van der Waals surface area contributed by atoms with Crippen molar-refractivity contribution in [2.45, 2.75) is 26.3 Å². The molecule has 4 aromatic carbocycles. The number of benzene rings is 4. The van der Waals surface area contributed by atoms with Gasteiger partial charge in [-0.15, -0.1) is 0 Å². The molecule has 7 rings (SSSR count). The minimum absolute atomic E-state index is 0. The Morgan fingerprint density at radius 1 is 0.889 bits per heavy atom. The van der Waals surface area contributed by atoms with E-state index in [4.69, 9.17) is 23.2 Å². The first-order chi connectivity index (χ1) is 21.2. The number of aromatic nitrogens is 2. The summed E-state index contributed by atoms with van der Waals surface area (Å²) in [6.45, 7) is 1.13. The van der Waals surface area contributed by atoms with E-state index in [1.54, 1.807) is 18.3 Å². The van der Waals surface area contributed by atoms with E-state index >= 15 is 0 Å². The van der Waals surface area contributed by atoms with Crippen molar-refractivity contribution < 1.29 is 16.6 Å². The van der Waals surface area contributed by atoms with Gasteiger partial charge in [0.15, 0.2) is 6.54 Å². The van der Waals surface area contributed by atoms with Crippen LogP contribution in [0, 0.1) is 0 Å². The van der Waals surface area contributed by atoms with Gasteiger partial charge < -0.3 is 15.2 Å². The summed E-state index contributed by atoms with van der Waals surface area (Å²) in [6.07, 6.45) is 5.26. The molecule has 2 aromatic heterocycles. The van der Waals surface area contributed by atoms with Gasteiger partial charge in [-0.1, -0.05) is 74.6 Å². The fourth-order valence-corrected chi connectivity index (χ4v) is 6.58. The Hall–Kier alpha value is -3.11. The number of H-pyrrole nitrogens is 2. The smallest absolute Gasteiger partial charge is 0.222 e. The lowest BCUT2D eigenvalue weighted by molar-refractivity contribution is -0.770. The highest BCUT2D eigenvalue weighted by molar-refractivity contribution is 9.10. The van der Waals surface area contributed by atoms with Gasteiger partial charge in [0.25, 0.3) is 0 Å². The zero-order chi connectivity index (χ0) is 30.8. The van der Waals surface area contributed by atoms with Crippen molar-refractivity contribution in [1.29, 1.82) is 0 Å². The lowest BCUT2D eigenvalue weighted by Gasteiger charge is -2.31. The maximum atomic E-state index is 10.4. The van der Waals surface area contributed by atoms with Crippen LogP contribution in [-0.2, 0) is 12.8 Å². The average Bonchev–Trinajstić information content (AvgIpc) is 3.58. The quantitative estimate of drug-likeness (QED) is 0.0610. The molecule has 10 heteroatoms. The van der Waals surface area contributed by atoms with Crippen molar-refractivity contribution in [3.63, 3.8) is 0 Å².